The summed E-state index contributed by atoms with van der Waals surface area (Å²) in [5.41, 5.74) is 1.30. The van der Waals surface area contributed by atoms with Crippen LogP contribution in [0, 0.1) is 0 Å². The molecule has 2 rings (SSSR count). The number of rotatable bonds is 6. The molecule has 0 bridgehead atoms. The Morgan fingerprint density at radius 1 is 1.15 bits per heavy atom. The minimum atomic E-state index is 0.119. The third kappa shape index (κ3) is 4.87. The second kappa shape index (κ2) is 6.29. The molecule has 0 aliphatic rings. The molecule has 4 heteroatoms. The van der Waals surface area contributed by atoms with Crippen LogP contribution >= 0.6 is 0 Å². The fraction of sp³-hybridized carbons (Fsp3) is 0.500. The van der Waals surface area contributed by atoms with E-state index >= 15 is 0 Å². The predicted octanol–water partition coefficient (Wildman–Crippen LogP) is 3.39. The number of hydrogen-bond donors (Lipinski definition) is 1. The maximum Gasteiger partial charge on any atom is 0.118 e. The van der Waals surface area contributed by atoms with E-state index in [9.17, 15) is 0 Å². The quantitative estimate of drug-likeness (QED) is 0.878. The van der Waals surface area contributed by atoms with Crippen molar-refractivity contribution in [2.75, 3.05) is 7.05 Å². The van der Waals surface area contributed by atoms with Crippen LogP contribution in [0.15, 0.2) is 39.6 Å². The Balaban J connectivity index is 1.83. The topological polar surface area (TPSA) is 41.6 Å². The zero-order valence-corrected chi connectivity index (χ0v) is 12.8. The molecule has 0 atom stereocenters. The van der Waals surface area contributed by atoms with Gasteiger partial charge in [0.05, 0.1) is 25.6 Å². The van der Waals surface area contributed by atoms with Crippen LogP contribution in [-0.2, 0) is 19.6 Å². The van der Waals surface area contributed by atoms with Gasteiger partial charge in [0.2, 0.25) is 0 Å². The summed E-state index contributed by atoms with van der Waals surface area (Å²) in [5.74, 6) is 1.94. The van der Waals surface area contributed by atoms with Gasteiger partial charge < -0.3 is 14.2 Å². The lowest BCUT2D eigenvalue weighted by molar-refractivity contribution is 0.264. The molecule has 0 aliphatic carbocycles. The molecule has 0 fully saturated rings. The first kappa shape index (κ1) is 14.9. The van der Waals surface area contributed by atoms with Crippen LogP contribution < -0.4 is 5.32 Å². The van der Waals surface area contributed by atoms with E-state index in [2.05, 4.69) is 44.1 Å². The average Bonchev–Trinajstić information content (AvgIpc) is 2.97. The van der Waals surface area contributed by atoms with Crippen molar-refractivity contribution in [3.05, 3.63) is 47.8 Å². The molecule has 0 radical (unpaired) electrons. The van der Waals surface area contributed by atoms with Crippen molar-refractivity contribution >= 4 is 0 Å². The molecule has 2 heterocycles. The van der Waals surface area contributed by atoms with Crippen LogP contribution in [0.25, 0.3) is 0 Å². The van der Waals surface area contributed by atoms with E-state index in [1.54, 1.807) is 6.26 Å². The fourth-order valence-corrected chi connectivity index (χ4v) is 1.96. The summed E-state index contributed by atoms with van der Waals surface area (Å²) in [6, 6.07) is 6.00. The van der Waals surface area contributed by atoms with Gasteiger partial charge in [-0.05, 0) is 46.0 Å². The van der Waals surface area contributed by atoms with Crippen molar-refractivity contribution in [2.24, 2.45) is 0 Å². The fourth-order valence-electron chi connectivity index (χ4n) is 1.96. The molecule has 2 aromatic heterocycles. The van der Waals surface area contributed by atoms with Gasteiger partial charge in [0.15, 0.2) is 0 Å². The molecule has 0 unspecified atom stereocenters. The van der Waals surface area contributed by atoms with Crippen LogP contribution in [0.1, 0.15) is 37.9 Å². The van der Waals surface area contributed by atoms with Gasteiger partial charge in [-0.2, -0.15) is 0 Å². The monoisotopic (exact) mass is 276 g/mol. The summed E-state index contributed by atoms with van der Waals surface area (Å²) in [7, 11) is 2.05. The van der Waals surface area contributed by atoms with Crippen molar-refractivity contribution in [3.63, 3.8) is 0 Å². The molecule has 0 aromatic carbocycles. The summed E-state index contributed by atoms with van der Waals surface area (Å²) >= 11 is 0. The predicted molar refractivity (Wildman–Crippen MR) is 79.2 cm³/mol. The van der Waals surface area contributed by atoms with Crippen LogP contribution in [0.4, 0.5) is 0 Å². The first-order valence-electron chi connectivity index (χ1n) is 6.94. The normalized spacial score (nSPS) is 12.2. The SMILES string of the molecule is CN(Cc1ccco1)Cc1cc(CNC(C)(C)C)co1. The Labute approximate surface area is 120 Å². The lowest BCUT2D eigenvalue weighted by Gasteiger charge is -2.19. The Hall–Kier alpha value is -1.52. The molecule has 0 spiro atoms. The smallest absolute Gasteiger partial charge is 0.118 e. The molecular formula is C16H24N2O2. The zero-order valence-electron chi connectivity index (χ0n) is 12.8. The Morgan fingerprint density at radius 2 is 1.90 bits per heavy atom. The summed E-state index contributed by atoms with van der Waals surface area (Å²) in [6.45, 7) is 8.86. The van der Waals surface area contributed by atoms with E-state index in [0.29, 0.717) is 0 Å². The van der Waals surface area contributed by atoms with Crippen molar-refractivity contribution in [1.82, 2.24) is 10.2 Å². The van der Waals surface area contributed by atoms with Gasteiger partial charge >= 0.3 is 0 Å². The van der Waals surface area contributed by atoms with Crippen LogP contribution in [0.3, 0.4) is 0 Å². The highest BCUT2D eigenvalue weighted by Gasteiger charge is 2.11. The highest BCUT2D eigenvalue weighted by molar-refractivity contribution is 5.13. The molecule has 2 aromatic rings. The van der Waals surface area contributed by atoms with Crippen molar-refractivity contribution in [3.8, 4) is 0 Å². The first-order chi connectivity index (χ1) is 9.42. The van der Waals surface area contributed by atoms with E-state index in [-0.39, 0.29) is 5.54 Å². The highest BCUT2D eigenvalue weighted by atomic mass is 16.3. The molecular weight excluding hydrogens is 252 g/mol. The molecule has 4 nitrogen and oxygen atoms in total. The van der Waals surface area contributed by atoms with Gasteiger partial charge in [-0.15, -0.1) is 0 Å². The average molecular weight is 276 g/mol. The number of furan rings is 2. The molecule has 0 saturated carbocycles. The van der Waals surface area contributed by atoms with E-state index in [0.717, 1.165) is 31.2 Å². The summed E-state index contributed by atoms with van der Waals surface area (Å²) < 4.78 is 10.9. The Kier molecular flexibility index (Phi) is 4.68. The molecule has 0 amide bonds. The molecule has 110 valence electrons. The summed E-state index contributed by atoms with van der Waals surface area (Å²) in [4.78, 5) is 2.17. The maximum absolute atomic E-state index is 5.61. The van der Waals surface area contributed by atoms with Gasteiger partial charge in [-0.3, -0.25) is 4.90 Å². The first-order valence-corrected chi connectivity index (χ1v) is 6.94. The van der Waals surface area contributed by atoms with E-state index < -0.39 is 0 Å². The van der Waals surface area contributed by atoms with Crippen LogP contribution in [0.5, 0.6) is 0 Å². The molecule has 1 N–H and O–H groups in total. The standard InChI is InChI=1S/C16H24N2O2/c1-16(2,3)17-9-13-8-15(20-12-13)11-18(4)10-14-6-5-7-19-14/h5-8,12,17H,9-11H2,1-4H3. The third-order valence-corrected chi connectivity index (χ3v) is 2.96. The summed E-state index contributed by atoms with van der Waals surface area (Å²) in [5, 5.41) is 3.45. The van der Waals surface area contributed by atoms with Gasteiger partial charge in [-0.1, -0.05) is 0 Å². The van der Waals surface area contributed by atoms with Gasteiger partial charge in [0, 0.05) is 17.6 Å². The van der Waals surface area contributed by atoms with E-state index in [4.69, 9.17) is 8.83 Å². The van der Waals surface area contributed by atoms with Gasteiger partial charge in [0.1, 0.15) is 11.5 Å². The molecule has 0 aliphatic heterocycles. The van der Waals surface area contributed by atoms with Crippen molar-refractivity contribution < 1.29 is 8.83 Å². The molecule has 20 heavy (non-hydrogen) atoms. The van der Waals surface area contributed by atoms with Crippen molar-refractivity contribution in [2.45, 2.75) is 45.9 Å². The molecule has 0 saturated heterocycles. The maximum atomic E-state index is 5.61. The Bertz CT molecular complexity index is 509. The minimum Gasteiger partial charge on any atom is -0.468 e. The number of hydrogen-bond acceptors (Lipinski definition) is 4. The van der Waals surface area contributed by atoms with Gasteiger partial charge in [0.25, 0.3) is 0 Å². The van der Waals surface area contributed by atoms with E-state index in [1.165, 1.54) is 5.56 Å². The highest BCUT2D eigenvalue weighted by Crippen LogP contribution is 2.13. The zero-order chi connectivity index (χ0) is 14.6. The van der Waals surface area contributed by atoms with E-state index in [1.807, 2.05) is 18.4 Å². The lowest BCUT2D eigenvalue weighted by Crippen LogP contribution is -2.34. The van der Waals surface area contributed by atoms with Crippen LogP contribution in [-0.4, -0.2) is 17.5 Å². The van der Waals surface area contributed by atoms with Gasteiger partial charge in [-0.25, -0.2) is 0 Å². The summed E-state index contributed by atoms with van der Waals surface area (Å²) in [6.07, 6.45) is 3.53. The second-order valence-corrected chi connectivity index (χ2v) is 6.28. The lowest BCUT2D eigenvalue weighted by atomic mass is 10.1. The number of nitrogens with zero attached hydrogens (tertiary/aromatic N) is 1. The second-order valence-electron chi connectivity index (χ2n) is 6.28. The van der Waals surface area contributed by atoms with Crippen LogP contribution in [0.2, 0.25) is 0 Å². The minimum absolute atomic E-state index is 0.119. The van der Waals surface area contributed by atoms with Crippen molar-refractivity contribution in [1.29, 1.82) is 0 Å². The number of nitrogens with one attached hydrogen (secondary N) is 1. The Morgan fingerprint density at radius 3 is 2.55 bits per heavy atom. The third-order valence-electron chi connectivity index (χ3n) is 2.96. The largest absolute Gasteiger partial charge is 0.468 e.